The van der Waals surface area contributed by atoms with E-state index in [0.717, 1.165) is 11.1 Å². The van der Waals surface area contributed by atoms with Crippen LogP contribution in [0.4, 0.5) is 5.69 Å². The molecule has 2 N–H and O–H groups in total. The van der Waals surface area contributed by atoms with Gasteiger partial charge in [0.05, 0.1) is 24.6 Å². The van der Waals surface area contributed by atoms with Gasteiger partial charge in [-0.1, -0.05) is 70.5 Å². The van der Waals surface area contributed by atoms with Crippen LogP contribution in [0.25, 0.3) is 0 Å². The lowest BCUT2D eigenvalue weighted by Gasteiger charge is -2.36. The second-order valence-electron chi connectivity index (χ2n) is 9.49. The predicted octanol–water partition coefficient (Wildman–Crippen LogP) is 4.14. The van der Waals surface area contributed by atoms with E-state index in [1.165, 1.54) is 4.90 Å². The van der Waals surface area contributed by atoms with Crippen LogP contribution in [0.1, 0.15) is 56.8 Å². The van der Waals surface area contributed by atoms with Gasteiger partial charge in [0.1, 0.15) is 11.3 Å². The largest absolute Gasteiger partial charge is 0.496 e. The molecular formula is C28H34N2O5. The molecule has 0 bridgehead atoms. The number of fused-ring (bicyclic) bond motifs is 1. The molecular weight excluding hydrogens is 444 g/mol. The number of carboxylic acid groups (broad SMARTS) is 1. The number of anilines is 1. The Morgan fingerprint density at radius 2 is 1.69 bits per heavy atom. The highest BCUT2D eigenvalue weighted by atomic mass is 16.5. The maximum atomic E-state index is 14.2. The molecule has 0 saturated carbocycles. The van der Waals surface area contributed by atoms with Crippen molar-refractivity contribution in [3.05, 3.63) is 59.2 Å². The normalized spacial score (nSPS) is 26.7. The van der Waals surface area contributed by atoms with Crippen LogP contribution in [0.2, 0.25) is 0 Å². The number of ether oxygens (including phenoxy) is 1. The Labute approximate surface area is 206 Å². The van der Waals surface area contributed by atoms with Gasteiger partial charge in [-0.15, -0.1) is 0 Å². The Kier molecular flexibility index (Phi) is 6.73. The van der Waals surface area contributed by atoms with Crippen molar-refractivity contribution in [2.75, 3.05) is 12.0 Å². The van der Waals surface area contributed by atoms with Crippen LogP contribution in [0.15, 0.2) is 42.5 Å². The van der Waals surface area contributed by atoms with Gasteiger partial charge in [0, 0.05) is 11.6 Å². The molecule has 35 heavy (non-hydrogen) atoms. The van der Waals surface area contributed by atoms with Gasteiger partial charge < -0.3 is 9.84 Å². The van der Waals surface area contributed by atoms with Gasteiger partial charge in [-0.05, 0) is 36.0 Å². The zero-order valence-electron chi connectivity index (χ0n) is 21.0. The average Bonchev–Trinajstić information content (AvgIpc) is 3.37. The van der Waals surface area contributed by atoms with Gasteiger partial charge in [0.15, 0.2) is 0 Å². The molecule has 2 aliphatic rings. The lowest BCUT2D eigenvalue weighted by molar-refractivity contribution is -0.151. The number of para-hydroxylation sites is 2. The number of carboxylic acids is 1. The van der Waals surface area contributed by atoms with E-state index in [0.29, 0.717) is 36.3 Å². The van der Waals surface area contributed by atoms with Gasteiger partial charge in [0.2, 0.25) is 11.8 Å². The minimum Gasteiger partial charge on any atom is -0.496 e. The molecule has 2 aliphatic heterocycles. The molecule has 2 amide bonds. The summed E-state index contributed by atoms with van der Waals surface area (Å²) in [6, 6.07) is 12.4. The summed E-state index contributed by atoms with van der Waals surface area (Å²) in [4.78, 5) is 42.6. The molecule has 2 fully saturated rings. The zero-order chi connectivity index (χ0) is 25.5. The number of nitrogens with one attached hydrogen (secondary N) is 1. The summed E-state index contributed by atoms with van der Waals surface area (Å²) in [6.45, 7) is 7.72. The van der Waals surface area contributed by atoms with E-state index in [1.807, 2.05) is 64.1 Å². The van der Waals surface area contributed by atoms with Crippen LogP contribution in [-0.4, -0.2) is 35.5 Å². The minimum atomic E-state index is -1.58. The first kappa shape index (κ1) is 24.9. The molecule has 2 aromatic carbocycles. The maximum Gasteiger partial charge on any atom is 0.325 e. The number of methoxy groups -OCH3 is 1. The third kappa shape index (κ3) is 3.56. The van der Waals surface area contributed by atoms with Crippen LogP contribution in [0.3, 0.4) is 0 Å². The van der Waals surface area contributed by atoms with Crippen LogP contribution >= 0.6 is 0 Å². The van der Waals surface area contributed by atoms with Crippen LogP contribution in [0, 0.1) is 17.8 Å². The molecule has 4 rings (SSSR count). The first-order valence-corrected chi connectivity index (χ1v) is 12.4. The summed E-state index contributed by atoms with van der Waals surface area (Å²) in [5.41, 5.74) is 1.51. The van der Waals surface area contributed by atoms with E-state index in [1.54, 1.807) is 13.2 Å². The second kappa shape index (κ2) is 9.46. The van der Waals surface area contributed by atoms with Gasteiger partial charge in [-0.3, -0.25) is 19.7 Å². The Balaban J connectivity index is 1.97. The standard InChI is InChI=1S/C28H34N2O5/c1-6-16(4)28(27(33)34)22-21(23(29-28)19-14-9-10-15-20(19)35-5)25(31)30(26(22)32)24-17(7-2)12-11-13-18(24)8-3/h9-16,21-23,29H,6-8H2,1-5H3,(H,33,34). The van der Waals surface area contributed by atoms with Crippen molar-refractivity contribution in [2.24, 2.45) is 17.8 Å². The van der Waals surface area contributed by atoms with Gasteiger partial charge in [-0.25, -0.2) is 4.90 Å². The maximum absolute atomic E-state index is 14.2. The van der Waals surface area contributed by atoms with E-state index in [4.69, 9.17) is 4.74 Å². The van der Waals surface area contributed by atoms with Crippen LogP contribution in [0.5, 0.6) is 5.75 Å². The van der Waals surface area contributed by atoms with E-state index in [-0.39, 0.29) is 5.91 Å². The second-order valence-corrected chi connectivity index (χ2v) is 9.49. The summed E-state index contributed by atoms with van der Waals surface area (Å²) in [5.74, 6) is -3.65. The molecule has 2 heterocycles. The molecule has 0 spiro atoms. The summed E-state index contributed by atoms with van der Waals surface area (Å²) < 4.78 is 5.57. The Morgan fingerprint density at radius 3 is 2.23 bits per heavy atom. The highest BCUT2D eigenvalue weighted by molar-refractivity contribution is 6.25. The molecule has 186 valence electrons. The molecule has 7 nitrogen and oxygen atoms in total. The van der Waals surface area contributed by atoms with Crippen molar-refractivity contribution in [1.82, 2.24) is 5.32 Å². The summed E-state index contributed by atoms with van der Waals surface area (Å²) >= 11 is 0. The zero-order valence-corrected chi connectivity index (χ0v) is 21.0. The first-order chi connectivity index (χ1) is 16.8. The fourth-order valence-corrected chi connectivity index (χ4v) is 6.04. The molecule has 0 aromatic heterocycles. The molecule has 5 atom stereocenters. The van der Waals surface area contributed by atoms with Crippen LogP contribution < -0.4 is 15.0 Å². The van der Waals surface area contributed by atoms with E-state index in [9.17, 15) is 19.5 Å². The predicted molar refractivity (Wildman–Crippen MR) is 133 cm³/mol. The van der Waals surface area contributed by atoms with Crippen molar-refractivity contribution in [3.63, 3.8) is 0 Å². The number of imide groups is 1. The molecule has 0 aliphatic carbocycles. The number of hydrogen-bond donors (Lipinski definition) is 2. The van der Waals surface area contributed by atoms with Crippen molar-refractivity contribution < 1.29 is 24.2 Å². The average molecular weight is 479 g/mol. The Morgan fingerprint density at radius 1 is 1.06 bits per heavy atom. The summed E-state index contributed by atoms with van der Waals surface area (Å²) in [5, 5.41) is 13.9. The van der Waals surface area contributed by atoms with Gasteiger partial charge in [-0.2, -0.15) is 0 Å². The smallest absolute Gasteiger partial charge is 0.325 e. The summed E-state index contributed by atoms with van der Waals surface area (Å²) in [6.07, 6.45) is 1.84. The number of benzene rings is 2. The van der Waals surface area contributed by atoms with Crippen molar-refractivity contribution in [3.8, 4) is 5.75 Å². The number of carbonyl (C=O) groups excluding carboxylic acids is 2. The number of hydrogen-bond acceptors (Lipinski definition) is 5. The number of nitrogens with zero attached hydrogens (tertiary/aromatic N) is 1. The molecule has 2 aromatic rings. The summed E-state index contributed by atoms with van der Waals surface area (Å²) in [7, 11) is 1.54. The van der Waals surface area contributed by atoms with Crippen molar-refractivity contribution in [1.29, 1.82) is 0 Å². The fourth-order valence-electron chi connectivity index (χ4n) is 6.04. The van der Waals surface area contributed by atoms with Crippen molar-refractivity contribution in [2.45, 2.75) is 58.5 Å². The number of carbonyl (C=O) groups is 3. The minimum absolute atomic E-state index is 0.356. The molecule has 7 heteroatoms. The van der Waals surface area contributed by atoms with Gasteiger partial charge in [0.25, 0.3) is 0 Å². The van der Waals surface area contributed by atoms with Crippen LogP contribution in [-0.2, 0) is 27.2 Å². The number of rotatable bonds is 8. The molecule has 0 radical (unpaired) electrons. The third-order valence-corrected chi connectivity index (χ3v) is 8.00. The molecule has 2 saturated heterocycles. The van der Waals surface area contributed by atoms with Gasteiger partial charge >= 0.3 is 5.97 Å². The monoisotopic (exact) mass is 478 g/mol. The Hall–Kier alpha value is -3.19. The quantitative estimate of drug-likeness (QED) is 0.554. The fraction of sp³-hybridized carbons (Fsp3) is 0.464. The number of aryl methyl sites for hydroxylation is 2. The van der Waals surface area contributed by atoms with E-state index in [2.05, 4.69) is 5.32 Å². The highest BCUT2D eigenvalue weighted by Crippen LogP contribution is 2.54. The van der Waals surface area contributed by atoms with E-state index >= 15 is 0 Å². The third-order valence-electron chi connectivity index (χ3n) is 8.00. The first-order valence-electron chi connectivity index (χ1n) is 12.4. The van der Waals surface area contributed by atoms with E-state index < -0.39 is 41.2 Å². The molecule has 5 unspecified atom stereocenters. The Bertz CT molecular complexity index is 1140. The van der Waals surface area contributed by atoms with Crippen molar-refractivity contribution >= 4 is 23.5 Å². The lowest BCUT2D eigenvalue weighted by atomic mass is 9.72. The number of aliphatic carboxylic acids is 1. The lowest BCUT2D eigenvalue weighted by Crippen LogP contribution is -2.59. The highest BCUT2D eigenvalue weighted by Gasteiger charge is 2.70. The SMILES string of the molecule is CCc1cccc(CC)c1N1C(=O)C2C(c3ccccc3OC)NC(C(=O)O)(C(C)CC)C2C1=O. The number of amides is 2. The topological polar surface area (TPSA) is 95.9 Å².